The highest BCUT2D eigenvalue weighted by Gasteiger charge is 2.32. The Bertz CT molecular complexity index is 2780. The van der Waals surface area contributed by atoms with Gasteiger partial charge in [0.25, 0.3) is 0 Å². The van der Waals surface area contributed by atoms with Crippen LogP contribution in [-0.2, 0) is 30.1 Å². The van der Waals surface area contributed by atoms with Crippen molar-refractivity contribution >= 4 is 67.4 Å². The van der Waals surface area contributed by atoms with Crippen LogP contribution in [0.25, 0.3) is 67.4 Å². The van der Waals surface area contributed by atoms with Gasteiger partial charge in [0.05, 0.1) is 0 Å². The Morgan fingerprint density at radius 1 is 0.500 bits per heavy atom. The lowest BCUT2D eigenvalue weighted by Crippen LogP contribution is -2.19. The predicted octanol–water partition coefficient (Wildman–Crippen LogP) is 17.9. The van der Waals surface area contributed by atoms with Gasteiger partial charge in [-0.25, -0.2) is 0 Å². The minimum absolute atomic E-state index is 0.143. The van der Waals surface area contributed by atoms with Gasteiger partial charge in [0.15, 0.2) is 0 Å². The first-order chi connectivity index (χ1) is 28.3. The van der Waals surface area contributed by atoms with E-state index in [1.807, 2.05) is 27.7 Å². The third-order valence-corrected chi connectivity index (χ3v) is 13.3. The molecule has 1 atom stereocenters. The topological polar surface area (TPSA) is 0 Å². The van der Waals surface area contributed by atoms with E-state index in [0.29, 0.717) is 5.92 Å². The molecule has 0 amide bonds. The molecule has 0 N–H and O–H groups in total. The lowest BCUT2D eigenvalue weighted by atomic mass is 9.70. The molecule has 0 nitrogen and oxygen atoms in total. The van der Waals surface area contributed by atoms with E-state index >= 15 is 0 Å². The van der Waals surface area contributed by atoms with Crippen LogP contribution in [0.2, 0.25) is 0 Å². The van der Waals surface area contributed by atoms with Crippen molar-refractivity contribution in [3.8, 4) is 0 Å². The van der Waals surface area contributed by atoms with Crippen molar-refractivity contribution in [2.45, 2.75) is 147 Å². The van der Waals surface area contributed by atoms with Crippen molar-refractivity contribution in [3.05, 3.63) is 140 Å². The minimum atomic E-state index is 0.143. The Balaban J connectivity index is 0.000000168. The first kappa shape index (κ1) is 43.4. The summed E-state index contributed by atoms with van der Waals surface area (Å²) in [4.78, 5) is 0. The molecule has 0 saturated heterocycles. The molecule has 60 heavy (non-hydrogen) atoms. The average Bonchev–Trinajstić information content (AvgIpc) is 3.21. The summed E-state index contributed by atoms with van der Waals surface area (Å²) in [7, 11) is 0. The summed E-state index contributed by atoms with van der Waals surface area (Å²) in [5, 5.41) is 11.6. The molecule has 0 saturated carbocycles. The van der Waals surface area contributed by atoms with Gasteiger partial charge >= 0.3 is 0 Å². The largest absolute Gasteiger partial charge is 0.0795 e. The molecule has 0 heteroatoms. The van der Waals surface area contributed by atoms with Crippen LogP contribution in [0.15, 0.2) is 84.5 Å². The van der Waals surface area contributed by atoms with Crippen molar-refractivity contribution in [3.63, 3.8) is 0 Å². The molecule has 10 rings (SSSR count). The van der Waals surface area contributed by atoms with Crippen molar-refractivity contribution < 1.29 is 0 Å². The zero-order chi connectivity index (χ0) is 43.7. The van der Waals surface area contributed by atoms with Crippen molar-refractivity contribution in [1.82, 2.24) is 0 Å². The SMILES string of the molecule is CC.CC.CC(C)(C)C1=Cc2c3c4c(cc(C(C)(C)C)cc4c4cccc(c24)C1)C=CC3.CC(C)(C)c1ccc2c3c1C=CCc3c1c3c(cccc32)C(C(C)(C)C)C=C1. The molecule has 0 bridgehead atoms. The maximum absolute atomic E-state index is 2.52. The number of rotatable bonds is 0. The lowest BCUT2D eigenvalue weighted by Gasteiger charge is -2.34. The molecule has 0 aliphatic heterocycles. The van der Waals surface area contributed by atoms with E-state index in [1.165, 1.54) is 98.7 Å². The second-order valence-corrected chi connectivity index (χ2v) is 21.3. The van der Waals surface area contributed by atoms with Crippen LogP contribution < -0.4 is 0 Å². The number of benzene rings is 6. The molecule has 4 aliphatic carbocycles. The summed E-state index contributed by atoms with van der Waals surface area (Å²) in [6.07, 6.45) is 19.9. The fourth-order valence-corrected chi connectivity index (χ4v) is 10.3. The third kappa shape index (κ3) is 7.31. The summed E-state index contributed by atoms with van der Waals surface area (Å²) >= 11 is 0. The molecule has 0 fully saturated rings. The highest BCUT2D eigenvalue weighted by molar-refractivity contribution is 6.18. The zero-order valence-corrected chi connectivity index (χ0v) is 40.0. The van der Waals surface area contributed by atoms with Gasteiger partial charge in [-0.1, -0.05) is 213 Å². The quantitative estimate of drug-likeness (QED) is 0.134. The number of allylic oxidation sites excluding steroid dienone is 4. The van der Waals surface area contributed by atoms with Crippen LogP contribution in [0.5, 0.6) is 0 Å². The Hall–Kier alpha value is -4.68. The Labute approximate surface area is 363 Å². The number of hydrogen-bond acceptors (Lipinski definition) is 0. The molecule has 0 aromatic heterocycles. The molecular formula is C60H72. The average molecular weight is 793 g/mol. The standard InChI is InChI=1S/2C28H30.2C2H6/c1-27(2,3)19-13-17-9-7-12-22-24-16-20(28(4,5)6)14-18-10-8-11-21(26(18)24)23(15-19)25(17)22;1-27(2,3)23-15-13-19-18-10-8-12-22-24(28(4,5)6)16-14-20(26(18)22)17-9-7-11-21(23)25(17)19;2*1-2/h7-11,13,15-16H,12,14H2,1-6H3;7-9,11-16,23H,10H2,1-6H3;2*1-2H3. The predicted molar refractivity (Wildman–Crippen MR) is 271 cm³/mol. The first-order valence-electron chi connectivity index (χ1n) is 23.1. The Morgan fingerprint density at radius 3 is 1.75 bits per heavy atom. The molecule has 6 aromatic rings. The van der Waals surface area contributed by atoms with Gasteiger partial charge in [0.2, 0.25) is 0 Å². The van der Waals surface area contributed by atoms with Gasteiger partial charge in [-0.05, 0) is 146 Å². The maximum atomic E-state index is 2.52. The highest BCUT2D eigenvalue weighted by Crippen LogP contribution is 2.50. The van der Waals surface area contributed by atoms with Gasteiger partial charge in [0, 0.05) is 5.92 Å². The van der Waals surface area contributed by atoms with E-state index in [4.69, 9.17) is 0 Å². The van der Waals surface area contributed by atoms with Crippen molar-refractivity contribution in [1.29, 1.82) is 0 Å². The molecule has 0 spiro atoms. The van der Waals surface area contributed by atoms with E-state index in [-0.39, 0.29) is 21.7 Å². The van der Waals surface area contributed by atoms with Gasteiger partial charge in [-0.2, -0.15) is 0 Å². The monoisotopic (exact) mass is 793 g/mol. The van der Waals surface area contributed by atoms with Gasteiger partial charge in [-0.3, -0.25) is 0 Å². The third-order valence-electron chi connectivity index (χ3n) is 13.3. The van der Waals surface area contributed by atoms with Crippen LogP contribution in [0.1, 0.15) is 172 Å². The fraction of sp³-hybridized carbons (Fsp3) is 0.400. The normalized spacial score (nSPS) is 16.2. The van der Waals surface area contributed by atoms with E-state index in [1.54, 1.807) is 5.57 Å². The second kappa shape index (κ2) is 15.7. The molecular weight excluding hydrogens is 721 g/mol. The van der Waals surface area contributed by atoms with Crippen molar-refractivity contribution in [2.75, 3.05) is 0 Å². The van der Waals surface area contributed by atoms with E-state index < -0.39 is 0 Å². The summed E-state index contributed by atoms with van der Waals surface area (Å²) in [5.74, 6) is 0.459. The first-order valence-corrected chi connectivity index (χ1v) is 23.1. The fourth-order valence-electron chi connectivity index (χ4n) is 10.3. The van der Waals surface area contributed by atoms with Gasteiger partial charge < -0.3 is 0 Å². The van der Waals surface area contributed by atoms with Crippen LogP contribution in [0, 0.1) is 10.8 Å². The van der Waals surface area contributed by atoms with Crippen LogP contribution in [-0.4, -0.2) is 0 Å². The van der Waals surface area contributed by atoms with Gasteiger partial charge in [0.1, 0.15) is 0 Å². The number of fused-ring (bicyclic) bond motifs is 4. The van der Waals surface area contributed by atoms with E-state index in [2.05, 4.69) is 186 Å². The number of hydrogen-bond donors (Lipinski definition) is 0. The molecule has 0 radical (unpaired) electrons. The molecule has 1 unspecified atom stereocenters. The second-order valence-electron chi connectivity index (χ2n) is 21.3. The minimum Gasteiger partial charge on any atom is -0.0795 e. The van der Waals surface area contributed by atoms with Crippen LogP contribution in [0.3, 0.4) is 0 Å². The molecule has 0 heterocycles. The summed E-state index contributed by atoms with van der Waals surface area (Å²) in [6.45, 7) is 36.0. The Kier molecular flexibility index (Phi) is 11.3. The van der Waals surface area contributed by atoms with E-state index in [9.17, 15) is 0 Å². The zero-order valence-electron chi connectivity index (χ0n) is 40.0. The summed E-state index contributed by atoms with van der Waals surface area (Å²) in [5.41, 5.74) is 16.9. The Morgan fingerprint density at radius 2 is 1.12 bits per heavy atom. The van der Waals surface area contributed by atoms with Crippen molar-refractivity contribution in [2.24, 2.45) is 10.8 Å². The molecule has 6 aromatic carbocycles. The maximum Gasteiger partial charge on any atom is 0.00762 e. The van der Waals surface area contributed by atoms with E-state index in [0.717, 1.165) is 19.3 Å². The smallest absolute Gasteiger partial charge is 0.00762 e. The van der Waals surface area contributed by atoms with Crippen LogP contribution in [0.4, 0.5) is 0 Å². The summed E-state index contributed by atoms with van der Waals surface area (Å²) in [6, 6.07) is 23.5. The van der Waals surface area contributed by atoms with Crippen LogP contribution >= 0.6 is 0 Å². The summed E-state index contributed by atoms with van der Waals surface area (Å²) < 4.78 is 0. The molecule has 4 aliphatic rings. The lowest BCUT2D eigenvalue weighted by molar-refractivity contribution is 0.368. The van der Waals surface area contributed by atoms with Gasteiger partial charge in [-0.15, -0.1) is 0 Å². The molecule has 312 valence electrons. The highest BCUT2D eigenvalue weighted by atomic mass is 14.4.